The molecular weight excluding hydrogens is 937 g/mol. The lowest BCUT2D eigenvalue weighted by atomic mass is 9.82. The van der Waals surface area contributed by atoms with E-state index in [0.717, 1.165) is 18.4 Å². The summed E-state index contributed by atoms with van der Waals surface area (Å²) in [4.78, 5) is 56.3. The van der Waals surface area contributed by atoms with Gasteiger partial charge in [0.05, 0.1) is 31.0 Å². The average molecular weight is 1040 g/mol. The summed E-state index contributed by atoms with van der Waals surface area (Å²) in [6.45, 7) is 18.8. The number of aliphatic hydroxyl groups excluding tert-OH is 3. The summed E-state index contributed by atoms with van der Waals surface area (Å²) in [6, 6.07) is -1.20. The lowest BCUT2D eigenvalue weighted by molar-refractivity contribution is -0.167. The molecule has 1 rings (SSSR count). The highest BCUT2D eigenvalue weighted by Gasteiger charge is 2.38. The zero-order valence-electron chi connectivity index (χ0n) is 47.9. The fourth-order valence-corrected chi connectivity index (χ4v) is 9.39. The van der Waals surface area contributed by atoms with Gasteiger partial charge in [-0.15, -0.1) is 0 Å². The highest BCUT2D eigenvalue weighted by Crippen LogP contribution is 2.32. The van der Waals surface area contributed by atoms with Crippen LogP contribution in [0.5, 0.6) is 0 Å². The van der Waals surface area contributed by atoms with E-state index in [2.05, 4.69) is 19.9 Å². The molecule has 0 saturated heterocycles. The summed E-state index contributed by atoms with van der Waals surface area (Å²) in [5, 5.41) is 33.5. The maximum Gasteiger partial charge on any atom is 0.331 e. The molecule has 3 unspecified atom stereocenters. The van der Waals surface area contributed by atoms with Gasteiger partial charge in [0.15, 0.2) is 0 Å². The Hall–Kier alpha value is -3.48. The van der Waals surface area contributed by atoms with E-state index >= 15 is 0 Å². The zero-order chi connectivity index (χ0) is 55.5. The van der Waals surface area contributed by atoms with Crippen molar-refractivity contribution >= 4 is 23.9 Å². The molecule has 0 saturated carbocycles. The van der Waals surface area contributed by atoms with Crippen molar-refractivity contribution in [3.05, 3.63) is 48.1 Å². The number of likely N-dealkylation sites (N-methyl/N-ethyl adjacent to an activating group) is 2. The van der Waals surface area contributed by atoms with Gasteiger partial charge >= 0.3 is 23.9 Å². The fraction of sp³-hybridized carbons (Fsp3) is 0.789. The van der Waals surface area contributed by atoms with Crippen LogP contribution in [-0.2, 0) is 52.3 Å². The maximum absolute atomic E-state index is 13.6. The number of aliphatic hydroxyl groups is 3. The first-order valence-electron chi connectivity index (χ1n) is 26.6. The van der Waals surface area contributed by atoms with Crippen molar-refractivity contribution in [2.45, 2.75) is 188 Å². The van der Waals surface area contributed by atoms with Crippen LogP contribution in [0.15, 0.2) is 48.1 Å². The molecule has 3 N–H and O–H groups in total. The van der Waals surface area contributed by atoms with E-state index in [0.29, 0.717) is 38.5 Å². The lowest BCUT2D eigenvalue weighted by Crippen LogP contribution is -2.44. The van der Waals surface area contributed by atoms with Crippen molar-refractivity contribution < 1.29 is 67.7 Å². The van der Waals surface area contributed by atoms with Crippen molar-refractivity contribution in [1.82, 2.24) is 9.80 Å². The van der Waals surface area contributed by atoms with Crippen molar-refractivity contribution in [2.24, 2.45) is 41.4 Å². The largest absolute Gasteiger partial charge is 0.462 e. The second-order valence-corrected chi connectivity index (χ2v) is 21.4. The molecule has 1 aliphatic heterocycles. The Morgan fingerprint density at radius 2 is 1.51 bits per heavy atom. The zero-order valence-corrected chi connectivity index (χ0v) is 47.9. The van der Waals surface area contributed by atoms with Crippen molar-refractivity contribution in [3.63, 3.8) is 0 Å². The first-order valence-corrected chi connectivity index (χ1v) is 26.6. The molecule has 0 fully saturated rings. The summed E-state index contributed by atoms with van der Waals surface area (Å²) >= 11 is 0. The summed E-state index contributed by atoms with van der Waals surface area (Å²) < 4.78 is 41.3. The number of cyclic esters (lactones) is 1. The van der Waals surface area contributed by atoms with Crippen molar-refractivity contribution in [3.8, 4) is 0 Å². The van der Waals surface area contributed by atoms with Gasteiger partial charge in [0.2, 0.25) is 0 Å². The molecule has 0 aromatic rings. The van der Waals surface area contributed by atoms with E-state index in [4.69, 9.17) is 33.2 Å². The first-order chi connectivity index (χ1) is 34.3. The topological polar surface area (TPSA) is 200 Å². The van der Waals surface area contributed by atoms with Gasteiger partial charge in [-0.25, -0.2) is 4.79 Å². The molecule has 422 valence electrons. The monoisotopic (exact) mass is 1040 g/mol. The highest BCUT2D eigenvalue weighted by atomic mass is 16.6. The Morgan fingerprint density at radius 3 is 2.08 bits per heavy atom. The second kappa shape index (κ2) is 35.7. The average Bonchev–Trinajstić information content (AvgIpc) is 3.34. The molecule has 16 heteroatoms. The Morgan fingerprint density at radius 1 is 0.836 bits per heavy atom. The predicted molar refractivity (Wildman–Crippen MR) is 285 cm³/mol. The molecule has 0 bridgehead atoms. The first kappa shape index (κ1) is 67.5. The maximum atomic E-state index is 13.6. The van der Waals surface area contributed by atoms with Crippen LogP contribution in [0, 0.1) is 41.4 Å². The number of nitrogens with zero attached hydrogens (tertiary/aromatic N) is 2. The molecule has 1 aliphatic rings. The molecule has 0 aromatic carbocycles. The van der Waals surface area contributed by atoms with Gasteiger partial charge in [-0.05, 0) is 116 Å². The Labute approximate surface area is 440 Å². The molecular formula is C57H100N2O14. The van der Waals surface area contributed by atoms with Gasteiger partial charge in [-0.2, -0.15) is 0 Å². The minimum absolute atomic E-state index is 0.0992. The number of allylic oxidation sites excluding steroid dienone is 3. The summed E-state index contributed by atoms with van der Waals surface area (Å²) in [7, 11) is 12.0. The summed E-state index contributed by atoms with van der Waals surface area (Å²) in [5.41, 5.74) is 1.11. The number of rotatable bonds is 22. The van der Waals surface area contributed by atoms with Gasteiger partial charge in [0.1, 0.15) is 36.5 Å². The SMILES string of the molecule is COCC(C(=O)OC1C/C=C/C=C/C(=O)O[C@H]([C@@H](C)[C@@H](O)[C@@H](C)CC[C@@H](OC(=O)C(C)N(C)C)[C@H](C)[C@H](OC(C)=O)[C@H](C)CCO)C/C=C/[C@H](OC)C[C@H](C)C/C=C(\C)[C@@H](OC)CC[C@@H](C)[C@H](O)[C@@H]1C)N(C)C. The normalized spacial score (nSPS) is 29.3. The van der Waals surface area contributed by atoms with E-state index in [1.807, 2.05) is 53.7 Å². The van der Waals surface area contributed by atoms with Gasteiger partial charge in [-0.3, -0.25) is 24.2 Å². The third-order valence-corrected chi connectivity index (χ3v) is 15.0. The Kier molecular flexibility index (Phi) is 33.0. The van der Waals surface area contributed by atoms with Crippen LogP contribution in [0.4, 0.5) is 0 Å². The summed E-state index contributed by atoms with van der Waals surface area (Å²) in [6.07, 6.45) is 12.2. The predicted octanol–water partition coefficient (Wildman–Crippen LogP) is 7.52. The van der Waals surface area contributed by atoms with E-state index in [9.17, 15) is 34.5 Å². The number of ether oxygens (including phenoxy) is 7. The molecule has 0 amide bonds. The summed E-state index contributed by atoms with van der Waals surface area (Å²) in [5.74, 6) is -3.89. The van der Waals surface area contributed by atoms with E-state index in [1.54, 1.807) is 77.4 Å². The van der Waals surface area contributed by atoms with Crippen LogP contribution in [0.2, 0.25) is 0 Å². The molecule has 17 atom stereocenters. The smallest absolute Gasteiger partial charge is 0.331 e. The molecule has 1 heterocycles. The number of carbonyl (C=O) groups excluding carboxylic acids is 4. The van der Waals surface area contributed by atoms with Crippen LogP contribution in [0.3, 0.4) is 0 Å². The molecule has 0 aliphatic carbocycles. The van der Waals surface area contributed by atoms with E-state index in [-0.39, 0.29) is 55.5 Å². The fourth-order valence-electron chi connectivity index (χ4n) is 9.39. The Bertz CT molecular complexity index is 1720. The van der Waals surface area contributed by atoms with Gasteiger partial charge < -0.3 is 48.5 Å². The van der Waals surface area contributed by atoms with Crippen LogP contribution in [0.1, 0.15) is 127 Å². The molecule has 16 nitrogen and oxygen atoms in total. The minimum Gasteiger partial charge on any atom is -0.462 e. The molecule has 73 heavy (non-hydrogen) atoms. The standard InChI is InChI=1S/C57H100N2O14/c1-36-26-27-37(2)48(69-17)30-28-38(3)54(64)42(7)50(73-57(66)47(35-67-15)59(13)14)23-19-18-20-25-52(62)71-49(24-21-22-46(34-36)68-16)41(6)53(63)39(4)29-31-51(72-56(65)44(9)58(11)12)43(8)55(70-45(10)61)40(5)32-33-60/h18-22,25,27,36,38-44,46-51,53-55,60,63-64H,23-24,26,28-35H2,1-17H3/b19-18+,22-21+,25-20+,37-27+/t36-,38-,39+,40-,41-,42-,43+,44?,46+,47?,48+,49+,50?,51-,53+,54+,55-/m1/s1. The highest BCUT2D eigenvalue weighted by molar-refractivity contribution is 5.82. The molecule has 0 radical (unpaired) electrons. The van der Waals surface area contributed by atoms with Crippen LogP contribution >= 0.6 is 0 Å². The van der Waals surface area contributed by atoms with E-state index < -0.39 is 90.3 Å². The van der Waals surface area contributed by atoms with Crippen LogP contribution in [0.25, 0.3) is 0 Å². The minimum atomic E-state index is -0.952. The third kappa shape index (κ3) is 24.4. The van der Waals surface area contributed by atoms with Crippen molar-refractivity contribution in [2.75, 3.05) is 62.7 Å². The molecule has 0 aromatic heterocycles. The van der Waals surface area contributed by atoms with E-state index in [1.165, 1.54) is 20.1 Å². The number of esters is 4. The second-order valence-electron chi connectivity index (χ2n) is 21.4. The van der Waals surface area contributed by atoms with Crippen LogP contribution in [-0.4, -0.2) is 173 Å². The van der Waals surface area contributed by atoms with Gasteiger partial charge in [-0.1, -0.05) is 84.9 Å². The Balaban J connectivity index is 3.66. The quantitative estimate of drug-likeness (QED) is 0.0546. The third-order valence-electron chi connectivity index (χ3n) is 15.0. The number of hydrogen-bond acceptors (Lipinski definition) is 16. The van der Waals surface area contributed by atoms with Crippen LogP contribution < -0.4 is 0 Å². The van der Waals surface area contributed by atoms with Gasteiger partial charge in [0.25, 0.3) is 0 Å². The lowest BCUT2D eigenvalue weighted by Gasteiger charge is -2.36. The van der Waals surface area contributed by atoms with Crippen molar-refractivity contribution in [1.29, 1.82) is 0 Å². The number of hydrogen-bond donors (Lipinski definition) is 3. The molecule has 0 spiro atoms. The number of carbonyl (C=O) groups is 4. The van der Waals surface area contributed by atoms with Gasteiger partial charge in [0, 0.05) is 71.5 Å². The number of methoxy groups -OCH3 is 3.